The molecule has 0 fully saturated rings. The van der Waals surface area contributed by atoms with Crippen molar-refractivity contribution >= 4 is 11.3 Å². The molecule has 1 aromatic heterocycles. The minimum atomic E-state index is -0.0836. The molecule has 0 saturated carbocycles. The van der Waals surface area contributed by atoms with Gasteiger partial charge in [0.1, 0.15) is 6.61 Å². The van der Waals surface area contributed by atoms with Gasteiger partial charge in [0, 0.05) is 22.4 Å². The number of thiophene rings is 1. The zero-order valence-corrected chi connectivity index (χ0v) is 12.6. The van der Waals surface area contributed by atoms with Gasteiger partial charge in [0.2, 0.25) is 0 Å². The van der Waals surface area contributed by atoms with Crippen LogP contribution in [0, 0.1) is 11.8 Å². The Hall–Kier alpha value is -0.820. The number of aliphatic hydroxyl groups excluding tert-OH is 1. The molecule has 0 unspecified atom stereocenters. The second kappa shape index (κ2) is 11.0. The minimum Gasteiger partial charge on any atom is -0.384 e. The third kappa shape index (κ3) is 8.05. The quantitative estimate of drug-likeness (QED) is 0.548. The largest absolute Gasteiger partial charge is 0.384 e. The first-order chi connectivity index (χ1) is 9.36. The summed E-state index contributed by atoms with van der Waals surface area (Å²) in [5, 5.41) is 10.6. The van der Waals surface area contributed by atoms with Crippen LogP contribution in [0.2, 0.25) is 0 Å². The Balaban J connectivity index is 2.04. The van der Waals surface area contributed by atoms with Gasteiger partial charge in [0.25, 0.3) is 0 Å². The van der Waals surface area contributed by atoms with E-state index in [0.29, 0.717) is 6.61 Å². The number of hydrogen-bond donors (Lipinski definition) is 1. The topological polar surface area (TPSA) is 29.5 Å². The van der Waals surface area contributed by atoms with E-state index in [9.17, 15) is 0 Å². The maximum Gasteiger partial charge on any atom is 0.104 e. The zero-order valence-electron chi connectivity index (χ0n) is 11.8. The number of unbranched alkanes of at least 4 members (excludes halogenated alkanes) is 5. The normalized spacial score (nSPS) is 10.2. The van der Waals surface area contributed by atoms with Gasteiger partial charge in [-0.3, -0.25) is 0 Å². The van der Waals surface area contributed by atoms with Crippen molar-refractivity contribution in [1.82, 2.24) is 0 Å². The van der Waals surface area contributed by atoms with Crippen molar-refractivity contribution in [2.45, 2.75) is 52.1 Å². The van der Waals surface area contributed by atoms with Crippen LogP contribution < -0.4 is 0 Å². The van der Waals surface area contributed by atoms with Crippen molar-refractivity contribution in [2.24, 2.45) is 0 Å². The van der Waals surface area contributed by atoms with E-state index in [1.165, 1.54) is 37.0 Å². The van der Waals surface area contributed by atoms with Crippen LogP contribution in [0.1, 0.15) is 55.9 Å². The van der Waals surface area contributed by atoms with Gasteiger partial charge in [-0.2, -0.15) is 0 Å². The van der Waals surface area contributed by atoms with Gasteiger partial charge in [-0.1, -0.05) is 50.9 Å². The fraction of sp³-hybridized carbons (Fsp3) is 0.625. The summed E-state index contributed by atoms with van der Waals surface area (Å²) in [6, 6.07) is 2.04. The summed E-state index contributed by atoms with van der Waals surface area (Å²) in [5.74, 6) is 5.55. The lowest BCUT2D eigenvalue weighted by Gasteiger charge is -2.02. The fourth-order valence-corrected chi connectivity index (χ4v) is 2.57. The highest BCUT2D eigenvalue weighted by molar-refractivity contribution is 7.10. The zero-order chi connectivity index (χ0) is 13.8. The summed E-state index contributed by atoms with van der Waals surface area (Å²) < 4.78 is 5.66. The molecule has 1 N–H and O–H groups in total. The predicted octanol–water partition coefficient (Wildman–Crippen LogP) is 3.97. The van der Waals surface area contributed by atoms with E-state index in [2.05, 4.69) is 18.8 Å². The molecular formula is C16H24O2S. The highest BCUT2D eigenvalue weighted by Crippen LogP contribution is 2.15. The van der Waals surface area contributed by atoms with Crippen molar-refractivity contribution in [2.75, 3.05) is 13.2 Å². The van der Waals surface area contributed by atoms with Crippen LogP contribution in [0.25, 0.3) is 0 Å². The molecular weight excluding hydrogens is 256 g/mol. The second-order valence-electron chi connectivity index (χ2n) is 4.58. The Labute approximate surface area is 120 Å². The molecule has 1 heterocycles. The van der Waals surface area contributed by atoms with E-state index in [4.69, 9.17) is 9.84 Å². The highest BCUT2D eigenvalue weighted by Gasteiger charge is 1.98. The predicted molar refractivity (Wildman–Crippen MR) is 81.3 cm³/mol. The van der Waals surface area contributed by atoms with Gasteiger partial charge in [0.05, 0.1) is 6.61 Å². The number of rotatable bonds is 9. The monoisotopic (exact) mass is 280 g/mol. The first-order valence-electron chi connectivity index (χ1n) is 7.11. The van der Waals surface area contributed by atoms with E-state index in [1.807, 2.05) is 11.4 Å². The molecule has 2 nitrogen and oxygen atoms in total. The maximum atomic E-state index is 8.62. The van der Waals surface area contributed by atoms with E-state index in [0.717, 1.165) is 18.6 Å². The fourth-order valence-electron chi connectivity index (χ4n) is 1.82. The van der Waals surface area contributed by atoms with Gasteiger partial charge < -0.3 is 9.84 Å². The third-order valence-corrected chi connectivity index (χ3v) is 3.76. The van der Waals surface area contributed by atoms with E-state index in [1.54, 1.807) is 11.3 Å². The highest BCUT2D eigenvalue weighted by atomic mass is 32.1. The molecule has 0 spiro atoms. The molecule has 0 aliphatic heterocycles. The van der Waals surface area contributed by atoms with Crippen molar-refractivity contribution in [1.29, 1.82) is 0 Å². The lowest BCUT2D eigenvalue weighted by atomic mass is 10.1. The molecule has 1 rings (SSSR count). The SMILES string of the molecule is CCCCCCCCOCc1cc(C#CCO)cs1. The summed E-state index contributed by atoms with van der Waals surface area (Å²) in [4.78, 5) is 1.20. The van der Waals surface area contributed by atoms with Gasteiger partial charge in [-0.25, -0.2) is 0 Å². The molecule has 19 heavy (non-hydrogen) atoms. The van der Waals surface area contributed by atoms with Crippen molar-refractivity contribution < 1.29 is 9.84 Å². The van der Waals surface area contributed by atoms with Crippen LogP contribution in [0.4, 0.5) is 0 Å². The van der Waals surface area contributed by atoms with Crippen LogP contribution in [0.5, 0.6) is 0 Å². The summed E-state index contributed by atoms with van der Waals surface area (Å²) >= 11 is 1.67. The number of ether oxygens (including phenoxy) is 1. The molecule has 0 bridgehead atoms. The first-order valence-corrected chi connectivity index (χ1v) is 7.99. The molecule has 0 aliphatic rings. The molecule has 0 amide bonds. The summed E-state index contributed by atoms with van der Waals surface area (Å²) in [5.41, 5.74) is 0.970. The maximum absolute atomic E-state index is 8.62. The van der Waals surface area contributed by atoms with Crippen molar-refractivity contribution in [3.63, 3.8) is 0 Å². The lowest BCUT2D eigenvalue weighted by molar-refractivity contribution is 0.118. The van der Waals surface area contributed by atoms with Crippen molar-refractivity contribution in [3.05, 3.63) is 21.9 Å². The second-order valence-corrected chi connectivity index (χ2v) is 5.58. The molecule has 1 aromatic rings. The molecule has 106 valence electrons. The van der Waals surface area contributed by atoms with Gasteiger partial charge >= 0.3 is 0 Å². The Morgan fingerprint density at radius 1 is 1.21 bits per heavy atom. The summed E-state index contributed by atoms with van der Waals surface area (Å²) in [6.07, 6.45) is 7.78. The van der Waals surface area contributed by atoms with Crippen LogP contribution in [0.15, 0.2) is 11.4 Å². The van der Waals surface area contributed by atoms with Crippen LogP contribution in [-0.2, 0) is 11.3 Å². The smallest absolute Gasteiger partial charge is 0.104 e. The number of aliphatic hydroxyl groups is 1. The molecule has 0 saturated heterocycles. The van der Waals surface area contributed by atoms with E-state index >= 15 is 0 Å². The molecule has 0 atom stereocenters. The Morgan fingerprint density at radius 3 is 2.79 bits per heavy atom. The van der Waals surface area contributed by atoms with Gasteiger partial charge in [-0.05, 0) is 12.5 Å². The van der Waals surface area contributed by atoms with E-state index < -0.39 is 0 Å². The average molecular weight is 280 g/mol. The Morgan fingerprint density at radius 2 is 2.00 bits per heavy atom. The molecule has 0 aromatic carbocycles. The minimum absolute atomic E-state index is 0.0836. The third-order valence-electron chi connectivity index (χ3n) is 2.85. The van der Waals surface area contributed by atoms with Crippen LogP contribution >= 0.6 is 11.3 Å². The molecule has 0 aliphatic carbocycles. The Bertz CT molecular complexity index is 387. The van der Waals surface area contributed by atoms with E-state index in [-0.39, 0.29) is 6.61 Å². The molecule has 0 radical (unpaired) electrons. The van der Waals surface area contributed by atoms with Crippen LogP contribution in [-0.4, -0.2) is 18.3 Å². The average Bonchev–Trinajstić information content (AvgIpc) is 2.87. The van der Waals surface area contributed by atoms with Gasteiger partial charge in [0.15, 0.2) is 0 Å². The standard InChI is InChI=1S/C16H24O2S/c1-2-3-4-5-6-7-11-18-13-16-12-15(14-19-16)9-8-10-17/h12,14,17H,2-7,10-11,13H2,1H3. The number of hydrogen-bond acceptors (Lipinski definition) is 3. The Kier molecular flexibility index (Phi) is 9.44. The first kappa shape index (κ1) is 16.2. The summed E-state index contributed by atoms with van der Waals surface area (Å²) in [7, 11) is 0. The summed E-state index contributed by atoms with van der Waals surface area (Å²) in [6.45, 7) is 3.69. The lowest BCUT2D eigenvalue weighted by Crippen LogP contribution is -1.94. The van der Waals surface area contributed by atoms with Crippen molar-refractivity contribution in [3.8, 4) is 11.8 Å². The van der Waals surface area contributed by atoms with Crippen LogP contribution in [0.3, 0.4) is 0 Å². The van der Waals surface area contributed by atoms with Gasteiger partial charge in [-0.15, -0.1) is 11.3 Å². The molecule has 3 heteroatoms.